The molecule has 0 saturated heterocycles. The second-order valence-corrected chi connectivity index (χ2v) is 12.4. The maximum Gasteiger partial charge on any atom is 0.145 e. The second-order valence-electron chi connectivity index (χ2n) is 12.4. The Bertz CT molecular complexity index is 3180. The van der Waals surface area contributed by atoms with Crippen molar-refractivity contribution >= 4 is 110 Å². The molecule has 0 aliphatic heterocycles. The molecule has 5 nitrogen and oxygen atoms in total. The molecule has 0 unspecified atom stereocenters. The van der Waals surface area contributed by atoms with Gasteiger partial charge in [-0.25, -0.2) is 0 Å². The van der Waals surface area contributed by atoms with Gasteiger partial charge in [0.2, 0.25) is 0 Å². The molecule has 0 radical (unpaired) electrons. The molecule has 218 valence electrons. The zero-order chi connectivity index (χ0) is 30.4. The third-order valence-electron chi connectivity index (χ3n) is 9.99. The van der Waals surface area contributed by atoms with E-state index in [1.807, 2.05) is 48.5 Å². The monoisotopic (exact) mass is 603 g/mol. The molecule has 0 N–H and O–H groups in total. The number of hydrogen-bond acceptors (Lipinski definition) is 4. The standard InChI is InChI=1S/C42H21NO4/c1-5-11-34-23(7-1)26-14-16-31-39(41(26)46-34)40-32(17-15-27-24-8-2-6-12-35(24)47-42(27)40)43(31)22-13-18-36-28(19-22)30-20-29-25-9-3-4-10-33(25)44-37(29)21-38(30)45-36/h1-21H. The average molecular weight is 604 g/mol. The van der Waals surface area contributed by atoms with E-state index in [2.05, 4.69) is 83.4 Å². The van der Waals surface area contributed by atoms with Gasteiger partial charge < -0.3 is 22.2 Å². The van der Waals surface area contributed by atoms with Gasteiger partial charge in [-0.15, -0.1) is 0 Å². The van der Waals surface area contributed by atoms with Crippen LogP contribution in [0.1, 0.15) is 0 Å². The van der Waals surface area contributed by atoms with Crippen LogP contribution in [0.4, 0.5) is 0 Å². The normalized spacial score (nSPS) is 12.7. The van der Waals surface area contributed by atoms with E-state index in [0.717, 1.165) is 115 Å². The van der Waals surface area contributed by atoms with Crippen molar-refractivity contribution in [2.24, 2.45) is 0 Å². The summed E-state index contributed by atoms with van der Waals surface area (Å²) < 4.78 is 28.2. The Balaban J connectivity index is 1.23. The minimum absolute atomic E-state index is 0.805. The summed E-state index contributed by atoms with van der Waals surface area (Å²) in [6, 6.07) is 44.1. The van der Waals surface area contributed by atoms with E-state index in [1.165, 1.54) is 0 Å². The summed E-state index contributed by atoms with van der Waals surface area (Å²) in [5, 5.41) is 10.8. The van der Waals surface area contributed by atoms with Crippen molar-refractivity contribution in [1.82, 2.24) is 4.57 Å². The molecule has 0 fully saturated rings. The molecule has 5 heteroatoms. The van der Waals surface area contributed by atoms with Crippen LogP contribution >= 0.6 is 0 Å². The van der Waals surface area contributed by atoms with Crippen molar-refractivity contribution in [2.45, 2.75) is 0 Å². The van der Waals surface area contributed by atoms with Gasteiger partial charge in [0.15, 0.2) is 0 Å². The quantitative estimate of drug-likeness (QED) is 0.187. The Morgan fingerprint density at radius 3 is 1.38 bits per heavy atom. The molecule has 0 amide bonds. The van der Waals surface area contributed by atoms with E-state index in [4.69, 9.17) is 17.7 Å². The molecule has 47 heavy (non-hydrogen) atoms. The fourth-order valence-electron chi connectivity index (χ4n) is 7.94. The minimum Gasteiger partial charge on any atom is -0.456 e. The van der Waals surface area contributed by atoms with E-state index >= 15 is 0 Å². The Morgan fingerprint density at radius 1 is 0.319 bits per heavy atom. The number of benzene rings is 7. The molecule has 0 atom stereocenters. The molecule has 0 saturated carbocycles. The van der Waals surface area contributed by atoms with Crippen molar-refractivity contribution in [3.63, 3.8) is 0 Å². The van der Waals surface area contributed by atoms with E-state index in [0.29, 0.717) is 0 Å². The zero-order valence-corrected chi connectivity index (χ0v) is 24.7. The van der Waals surface area contributed by atoms with Gasteiger partial charge in [0.25, 0.3) is 0 Å². The summed E-state index contributed by atoms with van der Waals surface area (Å²) in [4.78, 5) is 0. The predicted octanol–water partition coefficient (Wildman–Crippen LogP) is 12.4. The zero-order valence-electron chi connectivity index (χ0n) is 24.7. The van der Waals surface area contributed by atoms with Crippen LogP contribution in [0.5, 0.6) is 0 Å². The summed E-state index contributed by atoms with van der Waals surface area (Å²) >= 11 is 0. The smallest absolute Gasteiger partial charge is 0.145 e. The van der Waals surface area contributed by atoms with Crippen molar-refractivity contribution in [1.29, 1.82) is 0 Å². The highest BCUT2D eigenvalue weighted by molar-refractivity contribution is 6.30. The number of rotatable bonds is 1. The first-order chi connectivity index (χ1) is 23.3. The van der Waals surface area contributed by atoms with Crippen molar-refractivity contribution in [3.05, 3.63) is 127 Å². The minimum atomic E-state index is 0.805. The lowest BCUT2D eigenvalue weighted by Gasteiger charge is -2.08. The highest BCUT2D eigenvalue weighted by Crippen LogP contribution is 2.45. The molecule has 0 aliphatic carbocycles. The molecule has 7 aromatic carbocycles. The van der Waals surface area contributed by atoms with E-state index in [1.54, 1.807) is 0 Å². The maximum atomic E-state index is 6.65. The number of aromatic nitrogens is 1. The topological polar surface area (TPSA) is 57.5 Å². The summed E-state index contributed by atoms with van der Waals surface area (Å²) in [7, 11) is 0. The maximum absolute atomic E-state index is 6.65. The number of nitrogens with zero attached hydrogens (tertiary/aromatic N) is 1. The molecule has 5 heterocycles. The Morgan fingerprint density at radius 2 is 0.787 bits per heavy atom. The Hall–Kier alpha value is -6.46. The van der Waals surface area contributed by atoms with Crippen LogP contribution in [0.3, 0.4) is 0 Å². The van der Waals surface area contributed by atoms with Crippen LogP contribution in [0.25, 0.3) is 115 Å². The average Bonchev–Trinajstić information content (AvgIpc) is 3.91. The van der Waals surface area contributed by atoms with Crippen LogP contribution in [0.15, 0.2) is 145 Å². The lowest BCUT2D eigenvalue weighted by atomic mass is 10.1. The molecule has 5 aromatic heterocycles. The highest BCUT2D eigenvalue weighted by atomic mass is 16.3. The van der Waals surface area contributed by atoms with Crippen molar-refractivity contribution in [2.75, 3.05) is 0 Å². The first-order valence-electron chi connectivity index (χ1n) is 15.7. The van der Waals surface area contributed by atoms with Crippen molar-refractivity contribution < 1.29 is 17.7 Å². The van der Waals surface area contributed by atoms with Gasteiger partial charge in [-0.1, -0.05) is 54.6 Å². The molecule has 0 bridgehead atoms. The van der Waals surface area contributed by atoms with Crippen LogP contribution in [0, 0.1) is 0 Å². The third kappa shape index (κ3) is 2.95. The number of fused-ring (bicyclic) bond motifs is 17. The first kappa shape index (κ1) is 23.9. The van der Waals surface area contributed by atoms with Crippen LogP contribution < -0.4 is 0 Å². The summed E-state index contributed by atoms with van der Waals surface area (Å²) in [6.45, 7) is 0. The van der Waals surface area contributed by atoms with Gasteiger partial charge in [-0.05, 0) is 66.7 Å². The Kier molecular flexibility index (Phi) is 4.17. The summed E-state index contributed by atoms with van der Waals surface area (Å²) in [5.74, 6) is 0. The molecule has 12 rings (SSSR count). The van der Waals surface area contributed by atoms with Gasteiger partial charge in [0.05, 0.1) is 21.8 Å². The lowest BCUT2D eigenvalue weighted by molar-refractivity contribution is 0.656. The second kappa shape index (κ2) is 8.22. The van der Waals surface area contributed by atoms with Gasteiger partial charge in [0.1, 0.15) is 44.7 Å². The van der Waals surface area contributed by atoms with Gasteiger partial charge in [-0.3, -0.25) is 0 Å². The summed E-state index contributed by atoms with van der Waals surface area (Å²) in [6.07, 6.45) is 0. The first-order valence-corrected chi connectivity index (χ1v) is 15.7. The van der Waals surface area contributed by atoms with Gasteiger partial charge in [0, 0.05) is 54.8 Å². The highest BCUT2D eigenvalue weighted by Gasteiger charge is 2.23. The molecular formula is C42H21NO4. The van der Waals surface area contributed by atoms with E-state index in [-0.39, 0.29) is 0 Å². The number of furan rings is 4. The van der Waals surface area contributed by atoms with E-state index < -0.39 is 0 Å². The molecule has 0 spiro atoms. The molecular weight excluding hydrogens is 582 g/mol. The molecule has 12 aromatic rings. The van der Waals surface area contributed by atoms with Crippen LogP contribution in [-0.2, 0) is 0 Å². The fraction of sp³-hybridized carbons (Fsp3) is 0. The molecule has 0 aliphatic rings. The van der Waals surface area contributed by atoms with Crippen LogP contribution in [-0.4, -0.2) is 4.57 Å². The lowest BCUT2D eigenvalue weighted by Crippen LogP contribution is -1.93. The SMILES string of the molecule is c1ccc2c(c1)oc1cc3oc4ccc(-n5c6ccc7c8ccccc8oc7c6c6c7oc8ccccc8c7ccc65)cc4c3cc12. The van der Waals surface area contributed by atoms with Crippen LogP contribution in [0.2, 0.25) is 0 Å². The number of hydrogen-bond donors (Lipinski definition) is 0. The number of para-hydroxylation sites is 3. The fourth-order valence-corrected chi connectivity index (χ4v) is 7.94. The largest absolute Gasteiger partial charge is 0.456 e. The Labute approximate surface area is 264 Å². The summed E-state index contributed by atoms with van der Waals surface area (Å²) in [5.41, 5.74) is 9.94. The van der Waals surface area contributed by atoms with Crippen molar-refractivity contribution in [3.8, 4) is 5.69 Å². The van der Waals surface area contributed by atoms with E-state index in [9.17, 15) is 0 Å². The van der Waals surface area contributed by atoms with Gasteiger partial charge in [-0.2, -0.15) is 0 Å². The predicted molar refractivity (Wildman–Crippen MR) is 190 cm³/mol. The van der Waals surface area contributed by atoms with Gasteiger partial charge >= 0.3 is 0 Å². The third-order valence-corrected chi connectivity index (χ3v) is 9.99.